The molecule has 8 heteroatoms. The van der Waals surface area contributed by atoms with Crippen LogP contribution in [0.5, 0.6) is 0 Å². The molecule has 4 nitrogen and oxygen atoms in total. The molecule has 0 spiro atoms. The minimum Gasteiger partial charge on any atom is -0.609 e. The van der Waals surface area contributed by atoms with Crippen molar-refractivity contribution in [1.82, 2.24) is 0 Å². The number of benzene rings is 4. The lowest BCUT2D eigenvalue weighted by Gasteiger charge is -2.12. The summed E-state index contributed by atoms with van der Waals surface area (Å²) >= 11 is 0. The zero-order chi connectivity index (χ0) is 22.9. The van der Waals surface area contributed by atoms with E-state index in [2.05, 4.69) is 9.03 Å². The summed E-state index contributed by atoms with van der Waals surface area (Å²) in [6, 6.07) is 39.5. The summed E-state index contributed by atoms with van der Waals surface area (Å²) in [4.78, 5) is 26.1. The van der Waals surface area contributed by atoms with Gasteiger partial charge in [-0.15, -0.1) is 0 Å². The average molecular weight is 506 g/mol. The van der Waals surface area contributed by atoms with Crippen LogP contribution in [0.15, 0.2) is 130 Å². The third kappa shape index (κ3) is 6.92. The summed E-state index contributed by atoms with van der Waals surface area (Å²) in [6.45, 7) is 0. The van der Waals surface area contributed by atoms with Crippen LogP contribution in [0.25, 0.3) is 0 Å². The molecule has 4 rings (SSSR count). The molecule has 0 N–H and O–H groups in total. The van der Waals surface area contributed by atoms with E-state index in [-0.39, 0.29) is 5.90 Å². The van der Waals surface area contributed by atoms with Gasteiger partial charge in [0.15, 0.2) is 0 Å². The van der Waals surface area contributed by atoms with E-state index in [9.17, 15) is 9.79 Å². The lowest BCUT2D eigenvalue weighted by atomic mass is 10.4. The van der Waals surface area contributed by atoms with Gasteiger partial charge >= 0.3 is 0 Å². The van der Waals surface area contributed by atoms with Crippen LogP contribution in [0.2, 0.25) is 0 Å². The van der Waals surface area contributed by atoms with Gasteiger partial charge in [0.05, 0.1) is 0 Å². The van der Waals surface area contributed by atoms with Crippen molar-refractivity contribution in [2.45, 2.75) is 0 Å². The molecule has 0 amide bonds. The summed E-state index contributed by atoms with van der Waals surface area (Å²) in [5.74, 6) is -0.0400. The molecule has 0 radical (unpaired) electrons. The smallest absolute Gasteiger partial charge is 0.287 e. The monoisotopic (exact) mass is 506 g/mol. The van der Waals surface area contributed by atoms with Crippen LogP contribution in [0.4, 0.5) is 0 Å². The molecule has 0 aliphatic heterocycles. The van der Waals surface area contributed by atoms with E-state index in [0.717, 1.165) is 21.2 Å². The van der Waals surface area contributed by atoms with E-state index in [1.807, 2.05) is 121 Å². The Balaban J connectivity index is 1.62. The number of rotatable bonds is 8. The third-order valence-corrected chi connectivity index (χ3v) is 12.7. The summed E-state index contributed by atoms with van der Waals surface area (Å²) in [5, 5.41) is 4.07. The van der Waals surface area contributed by atoms with Gasteiger partial charge in [-0.3, -0.25) is 0 Å². The van der Waals surface area contributed by atoms with Crippen LogP contribution in [0.1, 0.15) is 0 Å². The van der Waals surface area contributed by atoms with Crippen molar-refractivity contribution in [3.8, 4) is 0 Å². The molecule has 0 saturated heterocycles. The highest BCUT2D eigenvalue weighted by molar-refractivity contribution is 7.78. The van der Waals surface area contributed by atoms with Crippen LogP contribution in [-0.2, 0) is 0 Å². The van der Waals surface area contributed by atoms with Crippen molar-refractivity contribution in [3.05, 3.63) is 121 Å². The van der Waals surface area contributed by atoms with Crippen LogP contribution < -0.4 is 31.0 Å². The average Bonchev–Trinajstić information content (AvgIpc) is 2.88. The topological polar surface area (TPSA) is 70.8 Å². The first-order chi connectivity index (χ1) is 16.2. The van der Waals surface area contributed by atoms with E-state index < -0.39 is 32.0 Å². The van der Waals surface area contributed by atoms with E-state index in [1.54, 1.807) is 0 Å². The van der Waals surface area contributed by atoms with Crippen molar-refractivity contribution in [2.24, 2.45) is 9.03 Å². The first-order valence-electron chi connectivity index (χ1n) is 10.3. The zero-order valence-electron chi connectivity index (χ0n) is 17.8. The largest absolute Gasteiger partial charge is 0.609 e. The van der Waals surface area contributed by atoms with Gasteiger partial charge in [-0.1, -0.05) is 130 Å². The molecule has 2 unspecified atom stereocenters. The molecular weight excluding hydrogens is 484 g/mol. The maximum Gasteiger partial charge on any atom is 0.287 e. The van der Waals surface area contributed by atoms with E-state index in [1.165, 1.54) is 0 Å². The van der Waals surface area contributed by atoms with Crippen LogP contribution in [-0.4, -0.2) is 5.90 Å². The second-order valence-electron chi connectivity index (χ2n) is 6.99. The molecule has 2 atom stereocenters. The molecule has 0 aromatic heterocycles. The first-order valence-corrected chi connectivity index (χ1v) is 15.7. The van der Waals surface area contributed by atoms with Gasteiger partial charge in [-0.25, -0.2) is 0 Å². The molecule has 0 aliphatic rings. The fourth-order valence-corrected chi connectivity index (χ4v) is 11.1. The van der Waals surface area contributed by atoms with Gasteiger partial charge in [-0.2, -0.15) is 0 Å². The van der Waals surface area contributed by atoms with Crippen LogP contribution in [0, 0.1) is 0 Å². The maximum atomic E-state index is 13.0. The van der Waals surface area contributed by atoms with Gasteiger partial charge in [0.2, 0.25) is 15.9 Å². The molecule has 0 heterocycles. The normalized spacial score (nSPS) is 12.4. The molecule has 0 saturated carbocycles. The SMILES string of the molecule is [O-]/[P+](C/[P+]([O-])=N/P(c1ccccc1)c1ccccc1)=N\P(c1ccccc1)c1ccccc1. The summed E-state index contributed by atoms with van der Waals surface area (Å²) < 4.78 is 9.29. The fourth-order valence-electron chi connectivity index (χ4n) is 3.14. The predicted octanol–water partition coefficient (Wildman–Crippen LogP) is 4.92. The molecule has 4 aromatic carbocycles. The Morgan fingerprint density at radius 3 is 0.939 bits per heavy atom. The Kier molecular flexibility index (Phi) is 8.99. The summed E-state index contributed by atoms with van der Waals surface area (Å²) in [6.07, 6.45) is 0. The van der Waals surface area contributed by atoms with E-state index in [4.69, 9.17) is 0 Å². The third-order valence-electron chi connectivity index (χ3n) is 4.62. The second-order valence-corrected chi connectivity index (χ2v) is 14.3. The molecule has 0 aliphatic carbocycles. The van der Waals surface area contributed by atoms with Gasteiger partial charge in [0, 0.05) is 21.2 Å². The molecular formula is C25H22N2O2P4. The van der Waals surface area contributed by atoms with Crippen molar-refractivity contribution < 1.29 is 9.79 Å². The number of hydrogen-bond donors (Lipinski definition) is 0. The Hall–Kier alpha value is -2.14. The van der Waals surface area contributed by atoms with Crippen molar-refractivity contribution in [1.29, 1.82) is 0 Å². The minimum absolute atomic E-state index is 0.0400. The summed E-state index contributed by atoms with van der Waals surface area (Å²) in [5.41, 5.74) is 0. The molecule has 33 heavy (non-hydrogen) atoms. The highest BCUT2D eigenvalue weighted by Gasteiger charge is 2.22. The Bertz CT molecular complexity index is 1030. The van der Waals surface area contributed by atoms with Gasteiger partial charge in [0.25, 0.3) is 5.90 Å². The highest BCUT2D eigenvalue weighted by atomic mass is 31.2. The quantitative estimate of drug-likeness (QED) is 0.319. The first kappa shape index (κ1) is 24.0. The van der Waals surface area contributed by atoms with Crippen molar-refractivity contribution >= 4 is 53.2 Å². The Morgan fingerprint density at radius 2 is 0.697 bits per heavy atom. The Morgan fingerprint density at radius 1 is 0.455 bits per heavy atom. The maximum absolute atomic E-state index is 13.0. The predicted molar refractivity (Wildman–Crippen MR) is 142 cm³/mol. The molecule has 0 bridgehead atoms. The fraction of sp³-hybridized carbons (Fsp3) is 0.0400. The molecule has 164 valence electrons. The van der Waals surface area contributed by atoms with Crippen LogP contribution in [0.3, 0.4) is 0 Å². The molecule has 4 aromatic rings. The standard InChI is InChI=1S/C25H22N2O2P4/c28-30(26-32(22-13-5-1-6-14-22)23-15-7-2-8-16-23)21-31(29)27-33(24-17-9-3-10-18-24)25-19-11-4-12-20-25/h1-20H,21H2. The van der Waals surface area contributed by atoms with E-state index in [0.29, 0.717) is 0 Å². The van der Waals surface area contributed by atoms with Crippen molar-refractivity contribution in [3.63, 3.8) is 0 Å². The Labute approximate surface area is 199 Å². The lowest BCUT2D eigenvalue weighted by molar-refractivity contribution is -0.161. The molecule has 0 fully saturated rings. The van der Waals surface area contributed by atoms with Gasteiger partial charge in [-0.05, 0) is 0 Å². The van der Waals surface area contributed by atoms with Crippen LogP contribution >= 0.6 is 32.0 Å². The zero-order valence-corrected chi connectivity index (χ0v) is 21.3. The lowest BCUT2D eigenvalue weighted by Crippen LogP contribution is -2.10. The highest BCUT2D eigenvalue weighted by Crippen LogP contribution is 2.47. The number of nitrogens with zero attached hydrogens (tertiary/aromatic N) is 2. The minimum atomic E-state index is -2.04. The number of hydrogen-bond acceptors (Lipinski definition) is 4. The van der Waals surface area contributed by atoms with E-state index >= 15 is 0 Å². The summed E-state index contributed by atoms with van der Waals surface area (Å²) in [7, 11) is -6.38. The van der Waals surface area contributed by atoms with Gasteiger partial charge < -0.3 is 9.79 Å². The second kappa shape index (κ2) is 12.4. The van der Waals surface area contributed by atoms with Crippen molar-refractivity contribution in [2.75, 3.05) is 5.90 Å². The van der Waals surface area contributed by atoms with Gasteiger partial charge in [0.1, 0.15) is 16.1 Å².